The lowest BCUT2D eigenvalue weighted by Gasteiger charge is -2.04. The maximum absolute atomic E-state index is 10.7. The number of carboxylic acid groups (broad SMARTS) is 1. The first kappa shape index (κ1) is 12.1. The summed E-state index contributed by atoms with van der Waals surface area (Å²) in [6, 6.07) is 4.93. The van der Waals surface area contributed by atoms with Crippen molar-refractivity contribution in [2.24, 2.45) is 0 Å². The van der Waals surface area contributed by atoms with Crippen LogP contribution in [-0.2, 0) is 0 Å². The molecular formula is C11H7BrClNO3. The second kappa shape index (κ2) is 4.50. The van der Waals surface area contributed by atoms with Crippen molar-refractivity contribution in [1.82, 2.24) is 5.16 Å². The van der Waals surface area contributed by atoms with Crippen molar-refractivity contribution >= 4 is 33.5 Å². The van der Waals surface area contributed by atoms with E-state index < -0.39 is 5.97 Å². The highest BCUT2D eigenvalue weighted by atomic mass is 79.9. The zero-order chi connectivity index (χ0) is 12.6. The van der Waals surface area contributed by atoms with Crippen molar-refractivity contribution in [1.29, 1.82) is 0 Å². The van der Waals surface area contributed by atoms with E-state index in [9.17, 15) is 4.79 Å². The first-order chi connectivity index (χ1) is 7.99. The van der Waals surface area contributed by atoms with E-state index in [2.05, 4.69) is 21.1 Å². The van der Waals surface area contributed by atoms with Gasteiger partial charge in [-0.1, -0.05) is 32.7 Å². The summed E-state index contributed by atoms with van der Waals surface area (Å²) in [5.41, 5.74) is 1.39. The van der Waals surface area contributed by atoms with Gasteiger partial charge in [-0.3, -0.25) is 0 Å². The summed E-state index contributed by atoms with van der Waals surface area (Å²) in [4.78, 5) is 10.7. The summed E-state index contributed by atoms with van der Waals surface area (Å²) < 4.78 is 5.78. The van der Waals surface area contributed by atoms with Gasteiger partial charge < -0.3 is 9.63 Å². The average molecular weight is 317 g/mol. The van der Waals surface area contributed by atoms with Crippen molar-refractivity contribution in [3.8, 4) is 11.3 Å². The Balaban J connectivity index is 2.56. The Morgan fingerprint density at radius 3 is 2.76 bits per heavy atom. The number of hydrogen-bond donors (Lipinski definition) is 1. The molecule has 0 aliphatic rings. The molecule has 0 bridgehead atoms. The Kier molecular flexibility index (Phi) is 3.22. The fraction of sp³-hybridized carbons (Fsp3) is 0.0909. The quantitative estimate of drug-likeness (QED) is 0.916. The van der Waals surface area contributed by atoms with E-state index in [0.717, 1.165) is 10.0 Å². The zero-order valence-electron chi connectivity index (χ0n) is 8.70. The maximum atomic E-state index is 10.7. The minimum atomic E-state index is -1.13. The van der Waals surface area contributed by atoms with E-state index in [4.69, 9.17) is 21.2 Å². The molecule has 0 amide bonds. The monoisotopic (exact) mass is 315 g/mol. The SMILES string of the molecule is Cc1c(Cl)cc(Br)cc1-c1cc(C(=O)O)no1. The molecule has 2 aromatic rings. The molecule has 0 saturated heterocycles. The van der Waals surface area contributed by atoms with Crippen molar-refractivity contribution in [3.05, 3.63) is 39.0 Å². The molecule has 0 aliphatic heterocycles. The number of hydrogen-bond acceptors (Lipinski definition) is 3. The van der Waals surface area contributed by atoms with E-state index in [1.54, 1.807) is 12.1 Å². The number of aromatic carboxylic acids is 1. The third-order valence-electron chi connectivity index (χ3n) is 2.30. The number of rotatable bonds is 2. The molecule has 0 spiro atoms. The summed E-state index contributed by atoms with van der Waals surface area (Å²) in [7, 11) is 0. The molecule has 1 aromatic heterocycles. The molecule has 17 heavy (non-hydrogen) atoms. The van der Waals surface area contributed by atoms with Crippen LogP contribution < -0.4 is 0 Å². The van der Waals surface area contributed by atoms with Crippen LogP contribution in [0.3, 0.4) is 0 Å². The molecule has 0 atom stereocenters. The van der Waals surface area contributed by atoms with Crippen LogP contribution in [0.4, 0.5) is 0 Å². The van der Waals surface area contributed by atoms with Crippen molar-refractivity contribution in [3.63, 3.8) is 0 Å². The molecule has 4 nitrogen and oxygen atoms in total. The fourth-order valence-electron chi connectivity index (χ4n) is 1.40. The minimum Gasteiger partial charge on any atom is -0.476 e. The molecule has 0 radical (unpaired) electrons. The molecule has 0 fully saturated rings. The standard InChI is InChI=1S/C11H7BrClNO3/c1-5-7(2-6(12)3-8(5)13)10-4-9(11(15)16)14-17-10/h2-4H,1H3,(H,15,16). The predicted octanol–water partition coefficient (Wildman–Crippen LogP) is 3.76. The lowest BCUT2D eigenvalue weighted by atomic mass is 10.1. The number of benzene rings is 1. The number of aromatic nitrogens is 1. The van der Waals surface area contributed by atoms with Crippen LogP contribution >= 0.6 is 27.5 Å². The number of nitrogens with zero attached hydrogens (tertiary/aromatic N) is 1. The summed E-state index contributed by atoms with van der Waals surface area (Å²) in [5.74, 6) is -0.748. The van der Waals surface area contributed by atoms with Crippen LogP contribution in [0.1, 0.15) is 16.1 Å². The van der Waals surface area contributed by atoms with Crippen molar-refractivity contribution in [2.45, 2.75) is 6.92 Å². The Labute approximate surface area is 110 Å². The van der Waals surface area contributed by atoms with Gasteiger partial charge in [-0.15, -0.1) is 0 Å². The molecular weight excluding hydrogens is 309 g/mol. The van der Waals surface area contributed by atoms with Gasteiger partial charge >= 0.3 is 5.97 Å². The zero-order valence-corrected chi connectivity index (χ0v) is 11.0. The smallest absolute Gasteiger partial charge is 0.358 e. The molecule has 2 rings (SSSR count). The highest BCUT2D eigenvalue weighted by molar-refractivity contribution is 9.10. The van der Waals surface area contributed by atoms with Crippen LogP contribution in [0.15, 0.2) is 27.2 Å². The summed E-state index contributed by atoms with van der Waals surface area (Å²) >= 11 is 9.35. The van der Waals surface area contributed by atoms with Crippen LogP contribution in [0.2, 0.25) is 5.02 Å². The lowest BCUT2D eigenvalue weighted by Crippen LogP contribution is -1.94. The van der Waals surface area contributed by atoms with Gasteiger partial charge in [0.05, 0.1) is 0 Å². The molecule has 1 N–H and O–H groups in total. The van der Waals surface area contributed by atoms with Gasteiger partial charge in [0.1, 0.15) is 0 Å². The topological polar surface area (TPSA) is 63.3 Å². The minimum absolute atomic E-state index is 0.129. The molecule has 0 unspecified atom stereocenters. The third kappa shape index (κ3) is 2.35. The van der Waals surface area contributed by atoms with E-state index >= 15 is 0 Å². The van der Waals surface area contributed by atoms with Gasteiger partial charge in [0.25, 0.3) is 0 Å². The second-order valence-electron chi connectivity index (χ2n) is 3.44. The first-order valence-electron chi connectivity index (χ1n) is 4.65. The predicted molar refractivity (Wildman–Crippen MR) is 66.3 cm³/mol. The summed E-state index contributed by atoms with van der Waals surface area (Å²) in [5, 5.41) is 12.8. The Morgan fingerprint density at radius 2 is 2.18 bits per heavy atom. The third-order valence-corrected chi connectivity index (χ3v) is 3.15. The van der Waals surface area contributed by atoms with Gasteiger partial charge in [-0.25, -0.2) is 4.79 Å². The molecule has 0 saturated carbocycles. The van der Waals surface area contributed by atoms with Gasteiger partial charge in [0, 0.05) is 21.1 Å². The van der Waals surface area contributed by atoms with E-state index in [1.807, 2.05) is 6.92 Å². The van der Waals surface area contributed by atoms with E-state index in [1.165, 1.54) is 6.07 Å². The Morgan fingerprint density at radius 1 is 1.47 bits per heavy atom. The van der Waals surface area contributed by atoms with Crippen molar-refractivity contribution in [2.75, 3.05) is 0 Å². The van der Waals surface area contributed by atoms with Gasteiger partial charge in [-0.2, -0.15) is 0 Å². The number of halogens is 2. The van der Waals surface area contributed by atoms with Gasteiger partial charge in [0.15, 0.2) is 11.5 Å². The fourth-order valence-corrected chi connectivity index (χ4v) is 2.21. The van der Waals surface area contributed by atoms with E-state index in [-0.39, 0.29) is 5.69 Å². The second-order valence-corrected chi connectivity index (χ2v) is 4.76. The van der Waals surface area contributed by atoms with Crippen molar-refractivity contribution < 1.29 is 14.4 Å². The van der Waals surface area contributed by atoms with Gasteiger partial charge in [0.2, 0.25) is 0 Å². The highest BCUT2D eigenvalue weighted by Crippen LogP contribution is 2.32. The first-order valence-corrected chi connectivity index (χ1v) is 5.82. The van der Waals surface area contributed by atoms with Crippen LogP contribution in [0.5, 0.6) is 0 Å². The molecule has 0 aliphatic carbocycles. The number of carbonyl (C=O) groups is 1. The van der Waals surface area contributed by atoms with E-state index in [0.29, 0.717) is 16.3 Å². The van der Waals surface area contributed by atoms with Gasteiger partial charge in [-0.05, 0) is 24.6 Å². The maximum Gasteiger partial charge on any atom is 0.358 e. The average Bonchev–Trinajstić information content (AvgIpc) is 2.72. The molecule has 6 heteroatoms. The molecule has 1 heterocycles. The van der Waals surface area contributed by atoms with Crippen LogP contribution in [-0.4, -0.2) is 16.2 Å². The highest BCUT2D eigenvalue weighted by Gasteiger charge is 2.15. The summed E-state index contributed by atoms with van der Waals surface area (Å²) in [6.07, 6.45) is 0. The normalized spacial score (nSPS) is 10.5. The Bertz CT molecular complexity index is 594. The van der Waals surface area contributed by atoms with Crippen LogP contribution in [0, 0.1) is 6.92 Å². The number of carboxylic acids is 1. The Hall–Kier alpha value is -1.33. The largest absolute Gasteiger partial charge is 0.476 e. The summed E-state index contributed by atoms with van der Waals surface area (Å²) in [6.45, 7) is 1.83. The lowest BCUT2D eigenvalue weighted by molar-refractivity contribution is 0.0686. The molecule has 1 aromatic carbocycles. The van der Waals surface area contributed by atoms with Crippen LogP contribution in [0.25, 0.3) is 11.3 Å². The molecule has 88 valence electrons.